The molecule has 0 radical (unpaired) electrons. The van der Waals surface area contributed by atoms with Crippen LogP contribution in [0, 0.1) is 0 Å². The van der Waals surface area contributed by atoms with Gasteiger partial charge in [-0.3, -0.25) is 0 Å². The predicted molar refractivity (Wildman–Crippen MR) is 59.6 cm³/mol. The van der Waals surface area contributed by atoms with E-state index in [1.165, 1.54) is 6.42 Å². The van der Waals surface area contributed by atoms with E-state index in [9.17, 15) is 0 Å². The summed E-state index contributed by atoms with van der Waals surface area (Å²) in [6.07, 6.45) is 4.07. The molecule has 2 heterocycles. The molecule has 0 saturated heterocycles. The van der Waals surface area contributed by atoms with Crippen molar-refractivity contribution < 1.29 is 0 Å². The van der Waals surface area contributed by atoms with Crippen LogP contribution in [-0.4, -0.2) is 20.0 Å². The Morgan fingerprint density at radius 2 is 2.27 bits per heavy atom. The molecule has 2 aromatic heterocycles. The Bertz CT molecular complexity index is 461. The number of fused-ring (bicyclic) bond motifs is 1. The zero-order valence-electron chi connectivity index (χ0n) is 9.44. The van der Waals surface area contributed by atoms with Crippen molar-refractivity contribution in [1.29, 1.82) is 0 Å². The second kappa shape index (κ2) is 3.96. The van der Waals surface area contributed by atoms with Crippen LogP contribution < -0.4 is 0 Å². The predicted octanol–water partition coefficient (Wildman–Crippen LogP) is 2.27. The molecule has 0 saturated carbocycles. The van der Waals surface area contributed by atoms with E-state index >= 15 is 0 Å². The number of nitrogens with zero attached hydrogens (tertiary/aromatic N) is 4. The lowest BCUT2D eigenvalue weighted by atomic mass is 10.0. The molecular formula is C11H16N4. The summed E-state index contributed by atoms with van der Waals surface area (Å²) >= 11 is 0. The van der Waals surface area contributed by atoms with Gasteiger partial charge < -0.3 is 0 Å². The van der Waals surface area contributed by atoms with Crippen molar-refractivity contribution in [1.82, 2.24) is 20.0 Å². The van der Waals surface area contributed by atoms with E-state index in [1.807, 2.05) is 17.8 Å². The highest BCUT2D eigenvalue weighted by molar-refractivity contribution is 5.77. The van der Waals surface area contributed by atoms with Crippen LogP contribution in [0.3, 0.4) is 0 Å². The Kier molecular flexibility index (Phi) is 2.66. The molecule has 0 aliphatic carbocycles. The van der Waals surface area contributed by atoms with Gasteiger partial charge in [0.1, 0.15) is 0 Å². The lowest BCUT2D eigenvalue weighted by Gasteiger charge is -2.05. The van der Waals surface area contributed by atoms with E-state index in [0.29, 0.717) is 5.92 Å². The normalized spacial score (nSPS) is 13.3. The Labute approximate surface area is 89.3 Å². The van der Waals surface area contributed by atoms with Crippen LogP contribution in [0.1, 0.15) is 38.3 Å². The van der Waals surface area contributed by atoms with Gasteiger partial charge in [-0.15, -0.1) is 5.10 Å². The van der Waals surface area contributed by atoms with Crippen LogP contribution in [0.4, 0.5) is 0 Å². The maximum absolute atomic E-state index is 4.52. The molecular weight excluding hydrogens is 188 g/mol. The van der Waals surface area contributed by atoms with Gasteiger partial charge in [0.15, 0.2) is 5.65 Å². The fourth-order valence-electron chi connectivity index (χ4n) is 1.96. The van der Waals surface area contributed by atoms with Gasteiger partial charge in [-0.05, 0) is 12.5 Å². The molecule has 80 valence electrons. The average Bonchev–Trinajstić information content (AvgIpc) is 2.58. The number of aromatic nitrogens is 4. The molecule has 0 bridgehead atoms. The molecule has 0 spiro atoms. The van der Waals surface area contributed by atoms with Crippen molar-refractivity contribution in [3.63, 3.8) is 0 Å². The fourth-order valence-corrected chi connectivity index (χ4v) is 1.96. The van der Waals surface area contributed by atoms with Gasteiger partial charge in [0.2, 0.25) is 0 Å². The van der Waals surface area contributed by atoms with E-state index in [4.69, 9.17) is 0 Å². The quantitative estimate of drug-likeness (QED) is 0.770. The lowest BCUT2D eigenvalue weighted by molar-refractivity contribution is 0.630. The van der Waals surface area contributed by atoms with Crippen LogP contribution in [0.5, 0.6) is 0 Å². The smallest absolute Gasteiger partial charge is 0.180 e. The summed E-state index contributed by atoms with van der Waals surface area (Å²) in [6.45, 7) is 4.41. The van der Waals surface area contributed by atoms with Crippen molar-refractivity contribution in [3.8, 4) is 0 Å². The maximum atomic E-state index is 4.52. The monoisotopic (exact) mass is 204 g/mol. The summed E-state index contributed by atoms with van der Waals surface area (Å²) in [4.78, 5) is 0. The standard InChI is InChI=1S/C11H16N4/c1-4-5-8(2)10-9-6-7-12-13-11(9)15(3)14-10/h6-8H,4-5H2,1-3H3. The maximum Gasteiger partial charge on any atom is 0.180 e. The second-order valence-corrected chi connectivity index (χ2v) is 3.97. The van der Waals surface area contributed by atoms with Gasteiger partial charge >= 0.3 is 0 Å². The molecule has 0 fully saturated rings. The first-order valence-electron chi connectivity index (χ1n) is 5.38. The van der Waals surface area contributed by atoms with E-state index in [-0.39, 0.29) is 0 Å². The Balaban J connectivity index is 2.52. The van der Waals surface area contributed by atoms with Crippen molar-refractivity contribution in [3.05, 3.63) is 18.0 Å². The molecule has 0 N–H and O–H groups in total. The number of rotatable bonds is 3. The van der Waals surface area contributed by atoms with Crippen molar-refractivity contribution in [2.75, 3.05) is 0 Å². The summed E-state index contributed by atoms with van der Waals surface area (Å²) < 4.78 is 1.81. The third kappa shape index (κ3) is 1.71. The first-order chi connectivity index (χ1) is 7.24. The third-order valence-corrected chi connectivity index (χ3v) is 2.73. The SMILES string of the molecule is CCCC(C)c1nn(C)c2nnccc12. The number of hydrogen-bond acceptors (Lipinski definition) is 3. The first kappa shape index (κ1) is 10.1. The zero-order valence-corrected chi connectivity index (χ0v) is 9.44. The molecule has 0 aliphatic rings. The minimum atomic E-state index is 0.489. The van der Waals surface area contributed by atoms with Gasteiger partial charge in [0.25, 0.3) is 0 Å². The fraction of sp³-hybridized carbons (Fsp3) is 0.545. The summed E-state index contributed by atoms with van der Waals surface area (Å²) in [7, 11) is 1.92. The molecule has 4 nitrogen and oxygen atoms in total. The van der Waals surface area contributed by atoms with Crippen LogP contribution >= 0.6 is 0 Å². The molecule has 0 amide bonds. The van der Waals surface area contributed by atoms with Gasteiger partial charge in [0, 0.05) is 18.4 Å². The van der Waals surface area contributed by atoms with Gasteiger partial charge in [0.05, 0.1) is 11.9 Å². The van der Waals surface area contributed by atoms with Crippen LogP contribution in [0.15, 0.2) is 12.3 Å². The van der Waals surface area contributed by atoms with Gasteiger partial charge in [-0.25, -0.2) is 4.68 Å². The average molecular weight is 204 g/mol. The first-order valence-corrected chi connectivity index (χ1v) is 5.38. The third-order valence-electron chi connectivity index (χ3n) is 2.73. The molecule has 0 aromatic carbocycles. The summed E-state index contributed by atoms with van der Waals surface area (Å²) in [5.74, 6) is 0.489. The highest BCUT2D eigenvalue weighted by atomic mass is 15.3. The number of hydrogen-bond donors (Lipinski definition) is 0. The van der Waals surface area contributed by atoms with Gasteiger partial charge in [-0.1, -0.05) is 20.3 Å². The molecule has 0 aliphatic heterocycles. The second-order valence-electron chi connectivity index (χ2n) is 3.97. The van der Waals surface area contributed by atoms with Crippen molar-refractivity contribution in [2.24, 2.45) is 7.05 Å². The van der Waals surface area contributed by atoms with Crippen molar-refractivity contribution in [2.45, 2.75) is 32.6 Å². The van der Waals surface area contributed by atoms with Crippen LogP contribution in [0.25, 0.3) is 11.0 Å². The molecule has 1 atom stereocenters. The minimum Gasteiger partial charge on any atom is -0.249 e. The Morgan fingerprint density at radius 1 is 1.47 bits per heavy atom. The topological polar surface area (TPSA) is 43.6 Å². The number of aryl methyl sites for hydroxylation is 1. The Hall–Kier alpha value is -1.45. The lowest BCUT2D eigenvalue weighted by Crippen LogP contribution is -1.96. The molecule has 15 heavy (non-hydrogen) atoms. The minimum absolute atomic E-state index is 0.489. The molecule has 2 aromatic rings. The van der Waals surface area contributed by atoms with Crippen LogP contribution in [-0.2, 0) is 7.05 Å². The van der Waals surface area contributed by atoms with E-state index in [2.05, 4.69) is 29.1 Å². The van der Waals surface area contributed by atoms with Crippen LogP contribution in [0.2, 0.25) is 0 Å². The molecule has 1 unspecified atom stereocenters. The van der Waals surface area contributed by atoms with Gasteiger partial charge in [-0.2, -0.15) is 10.2 Å². The van der Waals surface area contributed by atoms with Crippen molar-refractivity contribution >= 4 is 11.0 Å². The highest BCUT2D eigenvalue weighted by Crippen LogP contribution is 2.25. The molecule has 4 heteroatoms. The van der Waals surface area contributed by atoms with E-state index in [0.717, 1.165) is 23.1 Å². The van der Waals surface area contributed by atoms with E-state index in [1.54, 1.807) is 6.20 Å². The largest absolute Gasteiger partial charge is 0.249 e. The summed E-state index contributed by atoms with van der Waals surface area (Å²) in [5, 5.41) is 13.6. The highest BCUT2D eigenvalue weighted by Gasteiger charge is 2.14. The van der Waals surface area contributed by atoms with E-state index < -0.39 is 0 Å². The summed E-state index contributed by atoms with van der Waals surface area (Å²) in [6, 6.07) is 2.00. The zero-order chi connectivity index (χ0) is 10.8. The molecule has 2 rings (SSSR count). The summed E-state index contributed by atoms with van der Waals surface area (Å²) in [5.41, 5.74) is 2.01. The Morgan fingerprint density at radius 3 is 3.00 bits per heavy atom.